The number of thioether (sulfide) groups is 1. The van der Waals surface area contributed by atoms with Crippen LogP contribution in [0.1, 0.15) is 6.42 Å². The fourth-order valence-corrected chi connectivity index (χ4v) is 2.62. The minimum atomic E-state index is -0.375. The van der Waals surface area contributed by atoms with Gasteiger partial charge in [-0.15, -0.1) is 0 Å². The van der Waals surface area contributed by atoms with Gasteiger partial charge >= 0.3 is 0 Å². The van der Waals surface area contributed by atoms with Crippen molar-refractivity contribution in [2.75, 3.05) is 58.1 Å². The highest BCUT2D eigenvalue weighted by molar-refractivity contribution is 7.99. The number of hydrogen-bond donors (Lipinski definition) is 1. The summed E-state index contributed by atoms with van der Waals surface area (Å²) in [7, 11) is 1.65. The maximum atomic E-state index is 9.78. The molecule has 0 aromatic carbocycles. The lowest BCUT2D eigenvalue weighted by Gasteiger charge is -2.22. The van der Waals surface area contributed by atoms with Crippen molar-refractivity contribution in [3.8, 4) is 0 Å². The first-order valence-corrected chi connectivity index (χ1v) is 7.03. The van der Waals surface area contributed by atoms with E-state index < -0.39 is 0 Å². The van der Waals surface area contributed by atoms with E-state index in [1.807, 2.05) is 11.8 Å². The Morgan fingerprint density at radius 3 is 3.00 bits per heavy atom. The van der Waals surface area contributed by atoms with E-state index in [0.29, 0.717) is 19.8 Å². The topological polar surface area (TPSA) is 41.9 Å². The fourth-order valence-electron chi connectivity index (χ4n) is 1.69. The largest absolute Gasteiger partial charge is 0.389 e. The predicted octanol–water partition coefficient (Wildman–Crippen LogP) is 0.449. The van der Waals surface area contributed by atoms with Crippen LogP contribution in [0.5, 0.6) is 0 Å². The van der Waals surface area contributed by atoms with E-state index in [1.165, 1.54) is 17.9 Å². The Morgan fingerprint density at radius 1 is 1.31 bits per heavy atom. The van der Waals surface area contributed by atoms with Gasteiger partial charge in [-0.3, -0.25) is 4.90 Å². The molecule has 1 N–H and O–H groups in total. The molecule has 1 saturated heterocycles. The maximum absolute atomic E-state index is 9.78. The van der Waals surface area contributed by atoms with Crippen LogP contribution in [0.2, 0.25) is 0 Å². The SMILES string of the molecule is COCCOCC(O)CN1CCCSCC1. The molecule has 0 aromatic heterocycles. The van der Waals surface area contributed by atoms with Gasteiger partial charge in [-0.2, -0.15) is 11.8 Å². The average Bonchev–Trinajstić information content (AvgIpc) is 2.53. The van der Waals surface area contributed by atoms with Crippen molar-refractivity contribution in [2.24, 2.45) is 0 Å². The molecule has 1 fully saturated rings. The van der Waals surface area contributed by atoms with Crippen LogP contribution in [-0.4, -0.2) is 74.2 Å². The highest BCUT2D eigenvalue weighted by Gasteiger charge is 2.13. The van der Waals surface area contributed by atoms with Crippen molar-refractivity contribution in [3.05, 3.63) is 0 Å². The standard InChI is InChI=1S/C11H23NO3S/c1-14-5-6-15-10-11(13)9-12-3-2-7-16-8-4-12/h11,13H,2-10H2,1H3. The second kappa shape index (κ2) is 9.24. The van der Waals surface area contributed by atoms with Crippen molar-refractivity contribution in [1.29, 1.82) is 0 Å². The smallest absolute Gasteiger partial charge is 0.0900 e. The molecule has 4 nitrogen and oxygen atoms in total. The van der Waals surface area contributed by atoms with Crippen LogP contribution >= 0.6 is 11.8 Å². The van der Waals surface area contributed by atoms with Gasteiger partial charge in [-0.25, -0.2) is 0 Å². The summed E-state index contributed by atoms with van der Waals surface area (Å²) in [6.45, 7) is 4.47. The zero-order valence-corrected chi connectivity index (χ0v) is 10.9. The number of methoxy groups -OCH3 is 1. The predicted molar refractivity (Wildman–Crippen MR) is 67.1 cm³/mol. The van der Waals surface area contributed by atoms with E-state index in [0.717, 1.165) is 19.6 Å². The third kappa shape index (κ3) is 6.70. The van der Waals surface area contributed by atoms with Crippen molar-refractivity contribution in [1.82, 2.24) is 4.90 Å². The summed E-state index contributed by atoms with van der Waals surface area (Å²) < 4.78 is 10.2. The molecule has 1 unspecified atom stereocenters. The van der Waals surface area contributed by atoms with E-state index in [4.69, 9.17) is 9.47 Å². The molecule has 0 spiro atoms. The lowest BCUT2D eigenvalue weighted by Crippen LogP contribution is -2.36. The first-order valence-electron chi connectivity index (χ1n) is 5.88. The molecule has 1 heterocycles. The van der Waals surface area contributed by atoms with Crippen molar-refractivity contribution in [3.63, 3.8) is 0 Å². The van der Waals surface area contributed by atoms with Crippen LogP contribution in [0.4, 0.5) is 0 Å². The lowest BCUT2D eigenvalue weighted by atomic mass is 10.3. The Labute approximate surface area is 102 Å². The number of nitrogens with zero attached hydrogens (tertiary/aromatic N) is 1. The summed E-state index contributed by atoms with van der Waals surface area (Å²) in [4.78, 5) is 2.32. The maximum Gasteiger partial charge on any atom is 0.0900 e. The lowest BCUT2D eigenvalue weighted by molar-refractivity contribution is 0.000377. The van der Waals surface area contributed by atoms with Crippen LogP contribution in [0.15, 0.2) is 0 Å². The van der Waals surface area contributed by atoms with Crippen molar-refractivity contribution < 1.29 is 14.6 Å². The Morgan fingerprint density at radius 2 is 2.19 bits per heavy atom. The molecule has 0 bridgehead atoms. The monoisotopic (exact) mass is 249 g/mol. The summed E-state index contributed by atoms with van der Waals surface area (Å²) >= 11 is 2.00. The molecule has 0 amide bonds. The Kier molecular flexibility index (Phi) is 8.23. The molecule has 0 radical (unpaired) electrons. The highest BCUT2D eigenvalue weighted by atomic mass is 32.2. The molecule has 5 heteroatoms. The van der Waals surface area contributed by atoms with Crippen LogP contribution in [0, 0.1) is 0 Å². The molecule has 1 aliphatic heterocycles. The molecule has 0 saturated carbocycles. The summed E-state index contributed by atoms with van der Waals surface area (Å²) in [6, 6.07) is 0. The second-order valence-corrected chi connectivity index (χ2v) is 5.21. The normalized spacial score (nSPS) is 20.6. The van der Waals surface area contributed by atoms with Crippen LogP contribution in [0.3, 0.4) is 0 Å². The number of β-amino-alcohol motifs (C(OH)–C–C–N with tert-alkyl or cyclic N) is 1. The Hall–Kier alpha value is 0.190. The molecule has 0 aromatic rings. The highest BCUT2D eigenvalue weighted by Crippen LogP contribution is 2.10. The minimum absolute atomic E-state index is 0.375. The molecule has 1 aliphatic rings. The number of rotatable bonds is 7. The van der Waals surface area contributed by atoms with Gasteiger partial charge in [0.1, 0.15) is 0 Å². The first kappa shape index (κ1) is 14.3. The van der Waals surface area contributed by atoms with Crippen LogP contribution < -0.4 is 0 Å². The van der Waals surface area contributed by atoms with E-state index in [-0.39, 0.29) is 6.10 Å². The molecular formula is C11H23NO3S. The van der Waals surface area contributed by atoms with E-state index in [2.05, 4.69) is 4.90 Å². The van der Waals surface area contributed by atoms with Gasteiger partial charge < -0.3 is 14.6 Å². The van der Waals surface area contributed by atoms with Gasteiger partial charge in [0.25, 0.3) is 0 Å². The Balaban J connectivity index is 2.04. The number of aliphatic hydroxyl groups is 1. The van der Waals surface area contributed by atoms with Gasteiger partial charge in [-0.05, 0) is 18.7 Å². The summed E-state index contributed by atoms with van der Waals surface area (Å²) in [5, 5.41) is 9.78. The third-order valence-electron chi connectivity index (χ3n) is 2.53. The first-order chi connectivity index (χ1) is 7.83. The number of ether oxygens (including phenoxy) is 2. The molecule has 16 heavy (non-hydrogen) atoms. The minimum Gasteiger partial charge on any atom is -0.389 e. The zero-order valence-electron chi connectivity index (χ0n) is 10.1. The quantitative estimate of drug-likeness (QED) is 0.664. The zero-order chi connectivity index (χ0) is 11.6. The third-order valence-corrected chi connectivity index (χ3v) is 3.57. The van der Waals surface area contributed by atoms with Gasteiger partial charge in [0.05, 0.1) is 25.9 Å². The molecular weight excluding hydrogens is 226 g/mol. The molecule has 0 aliphatic carbocycles. The average molecular weight is 249 g/mol. The van der Waals surface area contributed by atoms with Gasteiger partial charge in [0, 0.05) is 26.0 Å². The van der Waals surface area contributed by atoms with Gasteiger partial charge in [0.15, 0.2) is 0 Å². The summed E-state index contributed by atoms with van der Waals surface area (Å²) in [5.74, 6) is 2.42. The number of aliphatic hydroxyl groups excluding tert-OH is 1. The van der Waals surface area contributed by atoms with Gasteiger partial charge in [-0.1, -0.05) is 0 Å². The van der Waals surface area contributed by atoms with Crippen molar-refractivity contribution >= 4 is 11.8 Å². The van der Waals surface area contributed by atoms with E-state index in [9.17, 15) is 5.11 Å². The van der Waals surface area contributed by atoms with Crippen molar-refractivity contribution in [2.45, 2.75) is 12.5 Å². The molecule has 1 atom stereocenters. The number of hydrogen-bond acceptors (Lipinski definition) is 5. The van der Waals surface area contributed by atoms with Crippen LogP contribution in [0.25, 0.3) is 0 Å². The summed E-state index contributed by atoms with van der Waals surface area (Å²) in [5.41, 5.74) is 0. The van der Waals surface area contributed by atoms with Gasteiger partial charge in [0.2, 0.25) is 0 Å². The second-order valence-electron chi connectivity index (χ2n) is 3.99. The van der Waals surface area contributed by atoms with E-state index in [1.54, 1.807) is 7.11 Å². The fraction of sp³-hybridized carbons (Fsp3) is 1.00. The van der Waals surface area contributed by atoms with E-state index >= 15 is 0 Å². The summed E-state index contributed by atoms with van der Waals surface area (Å²) in [6.07, 6.45) is 0.849. The molecule has 1 rings (SSSR count). The Bertz CT molecular complexity index is 163. The molecule has 96 valence electrons. The van der Waals surface area contributed by atoms with Crippen LogP contribution in [-0.2, 0) is 9.47 Å².